The van der Waals surface area contributed by atoms with Crippen molar-refractivity contribution in [2.24, 2.45) is 11.8 Å². The van der Waals surface area contributed by atoms with Gasteiger partial charge in [0, 0.05) is 6.54 Å². The van der Waals surface area contributed by atoms with Gasteiger partial charge in [-0.05, 0) is 30.0 Å². The van der Waals surface area contributed by atoms with Crippen LogP contribution in [0.15, 0.2) is 34.1 Å². The van der Waals surface area contributed by atoms with E-state index in [1.54, 1.807) is 0 Å². The normalized spacial score (nSPS) is 14.4. The van der Waals surface area contributed by atoms with Gasteiger partial charge in [-0.3, -0.25) is 0 Å². The van der Waals surface area contributed by atoms with Crippen molar-refractivity contribution in [3.63, 3.8) is 0 Å². The lowest BCUT2D eigenvalue weighted by Gasteiger charge is -2.16. The average molecular weight is 323 g/mol. The molecule has 0 aromatic heterocycles. The molecule has 0 radical (unpaired) electrons. The van der Waals surface area contributed by atoms with E-state index in [1.165, 1.54) is 12.1 Å². The smallest absolute Gasteiger partial charge is 0.211 e. The fourth-order valence-electron chi connectivity index (χ4n) is 1.35. The van der Waals surface area contributed by atoms with Gasteiger partial charge in [-0.25, -0.2) is 13.1 Å². The average Bonchev–Trinajstić information content (AvgIpc) is 2.35. The fraction of sp³-hybridized carbons (Fsp3) is 0.500. The van der Waals surface area contributed by atoms with Gasteiger partial charge in [0.1, 0.15) is 0 Å². The van der Waals surface area contributed by atoms with Crippen LogP contribution in [0.25, 0.3) is 0 Å². The number of benzene rings is 1. The Bertz CT molecular complexity index is 668. The molecule has 5 nitrogen and oxygen atoms in total. The van der Waals surface area contributed by atoms with Crippen LogP contribution in [0.3, 0.4) is 0 Å². The zero-order valence-corrected chi connectivity index (χ0v) is 13.1. The molecule has 0 heterocycles. The van der Waals surface area contributed by atoms with Crippen molar-refractivity contribution < 1.29 is 20.7 Å². The molecule has 0 saturated carbocycles. The SMILES string of the molecule is CC(C)C(C)CNS(=O)(=O)c1cccc(S(=O)(=O)F)c1. The molecule has 0 bridgehead atoms. The molecule has 0 aliphatic rings. The summed E-state index contributed by atoms with van der Waals surface area (Å²) < 4.78 is 60.8. The van der Waals surface area contributed by atoms with E-state index in [0.29, 0.717) is 5.92 Å². The van der Waals surface area contributed by atoms with Gasteiger partial charge in [0.05, 0.1) is 9.79 Å². The van der Waals surface area contributed by atoms with Gasteiger partial charge in [0.15, 0.2) is 0 Å². The topological polar surface area (TPSA) is 80.3 Å². The second kappa shape index (κ2) is 6.19. The maximum absolute atomic E-state index is 12.9. The van der Waals surface area contributed by atoms with Crippen LogP contribution in [0.2, 0.25) is 0 Å². The van der Waals surface area contributed by atoms with Crippen LogP contribution >= 0.6 is 0 Å². The lowest BCUT2D eigenvalue weighted by molar-refractivity contribution is 0.414. The Labute approximate surface area is 119 Å². The number of halogens is 1. The Morgan fingerprint density at radius 2 is 1.65 bits per heavy atom. The Balaban J connectivity index is 2.99. The minimum Gasteiger partial charge on any atom is -0.211 e. The van der Waals surface area contributed by atoms with Crippen molar-refractivity contribution in [3.8, 4) is 0 Å². The van der Waals surface area contributed by atoms with Crippen LogP contribution in [0, 0.1) is 11.8 Å². The largest absolute Gasteiger partial charge is 0.332 e. The quantitative estimate of drug-likeness (QED) is 0.811. The summed E-state index contributed by atoms with van der Waals surface area (Å²) in [5.74, 6) is 0.424. The first-order chi connectivity index (χ1) is 9.04. The molecular formula is C12H18FNO4S2. The molecule has 8 heteroatoms. The second-order valence-electron chi connectivity index (χ2n) is 4.99. The van der Waals surface area contributed by atoms with Crippen molar-refractivity contribution in [2.45, 2.75) is 30.6 Å². The van der Waals surface area contributed by atoms with E-state index in [9.17, 15) is 20.7 Å². The molecule has 1 N–H and O–H groups in total. The van der Waals surface area contributed by atoms with E-state index >= 15 is 0 Å². The summed E-state index contributed by atoms with van der Waals surface area (Å²) in [4.78, 5) is -0.940. The molecule has 20 heavy (non-hydrogen) atoms. The molecule has 0 amide bonds. The van der Waals surface area contributed by atoms with Gasteiger partial charge in [-0.1, -0.05) is 26.8 Å². The van der Waals surface area contributed by atoms with Gasteiger partial charge >= 0.3 is 10.2 Å². The summed E-state index contributed by atoms with van der Waals surface area (Å²) >= 11 is 0. The predicted octanol–water partition coefficient (Wildman–Crippen LogP) is 1.92. The van der Waals surface area contributed by atoms with E-state index in [-0.39, 0.29) is 17.4 Å². The number of nitrogens with one attached hydrogen (secondary N) is 1. The molecule has 1 aromatic carbocycles. The Morgan fingerprint density at radius 1 is 1.10 bits per heavy atom. The minimum absolute atomic E-state index is 0.123. The molecule has 0 fully saturated rings. The number of hydrogen-bond donors (Lipinski definition) is 1. The molecule has 114 valence electrons. The molecule has 0 saturated heterocycles. The highest BCUT2D eigenvalue weighted by Crippen LogP contribution is 2.18. The highest BCUT2D eigenvalue weighted by atomic mass is 32.3. The first-order valence-electron chi connectivity index (χ1n) is 6.08. The van der Waals surface area contributed by atoms with Crippen molar-refractivity contribution in [3.05, 3.63) is 24.3 Å². The maximum atomic E-state index is 12.9. The lowest BCUT2D eigenvalue weighted by atomic mass is 9.99. The van der Waals surface area contributed by atoms with Gasteiger partial charge in [-0.15, -0.1) is 3.89 Å². The molecule has 1 atom stereocenters. The van der Waals surface area contributed by atoms with Crippen LogP contribution in [-0.4, -0.2) is 23.4 Å². The molecule has 0 spiro atoms. The standard InChI is InChI=1S/C12H18FNO4S2/c1-9(2)10(3)8-14-20(17,18)12-6-4-5-11(7-12)19(13,15)16/h4-7,9-10,14H,8H2,1-3H3. The second-order valence-corrected chi connectivity index (χ2v) is 8.10. The third-order valence-corrected chi connectivity index (χ3v) is 5.37. The minimum atomic E-state index is -4.92. The van der Waals surface area contributed by atoms with Crippen LogP contribution in [0.1, 0.15) is 20.8 Å². The summed E-state index contributed by atoms with van der Waals surface area (Å²) in [5, 5.41) is 0. The molecule has 1 rings (SSSR count). The van der Waals surface area contributed by atoms with E-state index < -0.39 is 25.1 Å². The summed E-state index contributed by atoms with van der Waals surface area (Å²) in [6.45, 7) is 6.06. The lowest BCUT2D eigenvalue weighted by Crippen LogP contribution is -2.30. The third kappa shape index (κ3) is 4.53. The van der Waals surface area contributed by atoms with Crippen molar-refractivity contribution in [2.75, 3.05) is 6.54 Å². The Morgan fingerprint density at radius 3 is 2.15 bits per heavy atom. The molecule has 0 aliphatic heterocycles. The van der Waals surface area contributed by atoms with Crippen LogP contribution in [-0.2, 0) is 20.2 Å². The summed E-state index contributed by atoms with van der Waals surface area (Å²) in [7, 11) is -8.78. The zero-order valence-electron chi connectivity index (χ0n) is 11.5. The maximum Gasteiger partial charge on any atom is 0.332 e. The molecule has 0 aliphatic carbocycles. The highest BCUT2D eigenvalue weighted by Gasteiger charge is 2.20. The Hall–Kier alpha value is -0.990. The summed E-state index contributed by atoms with van der Waals surface area (Å²) in [6, 6.07) is 4.22. The number of rotatable bonds is 6. The van der Waals surface area contributed by atoms with E-state index in [4.69, 9.17) is 0 Å². The monoisotopic (exact) mass is 323 g/mol. The first kappa shape index (κ1) is 17.1. The summed E-state index contributed by atoms with van der Waals surface area (Å²) in [5.41, 5.74) is 0. The number of sulfonamides is 1. The van der Waals surface area contributed by atoms with Crippen LogP contribution in [0.4, 0.5) is 3.89 Å². The van der Waals surface area contributed by atoms with Crippen molar-refractivity contribution in [1.29, 1.82) is 0 Å². The molecule has 1 unspecified atom stereocenters. The van der Waals surface area contributed by atoms with Gasteiger partial charge in [-0.2, -0.15) is 8.42 Å². The fourth-order valence-corrected chi connectivity index (χ4v) is 3.13. The van der Waals surface area contributed by atoms with Crippen molar-refractivity contribution >= 4 is 20.2 Å². The van der Waals surface area contributed by atoms with Gasteiger partial charge in [0.25, 0.3) is 0 Å². The van der Waals surface area contributed by atoms with Crippen LogP contribution in [0.5, 0.6) is 0 Å². The van der Waals surface area contributed by atoms with E-state index in [1.807, 2.05) is 20.8 Å². The van der Waals surface area contributed by atoms with E-state index in [2.05, 4.69) is 4.72 Å². The van der Waals surface area contributed by atoms with Gasteiger partial charge in [0.2, 0.25) is 10.0 Å². The molecular weight excluding hydrogens is 305 g/mol. The van der Waals surface area contributed by atoms with Gasteiger partial charge < -0.3 is 0 Å². The van der Waals surface area contributed by atoms with Crippen LogP contribution < -0.4 is 4.72 Å². The van der Waals surface area contributed by atoms with E-state index in [0.717, 1.165) is 12.1 Å². The predicted molar refractivity (Wildman–Crippen MR) is 73.9 cm³/mol. The number of hydrogen-bond acceptors (Lipinski definition) is 4. The molecule has 1 aromatic rings. The zero-order chi connectivity index (χ0) is 15.6. The highest BCUT2D eigenvalue weighted by molar-refractivity contribution is 7.89. The van der Waals surface area contributed by atoms with Crippen molar-refractivity contribution in [1.82, 2.24) is 4.72 Å². The first-order valence-corrected chi connectivity index (χ1v) is 8.95. The summed E-state index contributed by atoms with van der Waals surface area (Å²) in [6.07, 6.45) is 0. The Kier molecular flexibility index (Phi) is 5.28. The third-order valence-electron chi connectivity index (χ3n) is 3.13.